The van der Waals surface area contributed by atoms with Gasteiger partial charge in [-0.15, -0.1) is 0 Å². The first-order chi connectivity index (χ1) is 17.8. The molecular weight excluding hydrogens is 530 g/mol. The Balaban J connectivity index is 2.20. The van der Waals surface area contributed by atoms with Crippen molar-refractivity contribution >= 4 is 23.1 Å². The lowest BCUT2D eigenvalue weighted by molar-refractivity contribution is -0.289. The lowest BCUT2D eigenvalue weighted by Gasteiger charge is -2.38. The smallest absolute Gasteiger partial charge is 0.411 e. The number of hydrogen-bond acceptors (Lipinski definition) is 4. The second-order valence-corrected chi connectivity index (χ2v) is 10.5. The van der Waals surface area contributed by atoms with E-state index >= 15 is 0 Å². The van der Waals surface area contributed by atoms with Gasteiger partial charge in [0.1, 0.15) is 11.5 Å². The Kier molecular flexibility index (Phi) is 9.70. The van der Waals surface area contributed by atoms with Crippen molar-refractivity contribution in [2.75, 3.05) is 5.32 Å². The molecule has 6 nitrogen and oxygen atoms in total. The summed E-state index contributed by atoms with van der Waals surface area (Å²) in [5, 5.41) is 22.4. The predicted molar refractivity (Wildman–Crippen MR) is 132 cm³/mol. The average molecular weight is 564 g/mol. The molecule has 1 amide bonds. The van der Waals surface area contributed by atoms with Gasteiger partial charge in [0.15, 0.2) is 11.4 Å². The molecule has 0 atom stereocenters. The average Bonchev–Trinajstić information content (AvgIpc) is 2.78. The van der Waals surface area contributed by atoms with Gasteiger partial charge in [0.25, 0.3) is 0 Å². The quantitative estimate of drug-likeness (QED) is 0.155. The molecule has 2 rings (SSSR count). The molecule has 0 unspecified atom stereocenters. The van der Waals surface area contributed by atoms with Gasteiger partial charge >= 0.3 is 12.4 Å². The van der Waals surface area contributed by atoms with Crippen molar-refractivity contribution < 1.29 is 51.9 Å². The summed E-state index contributed by atoms with van der Waals surface area (Å²) in [6, 6.07) is 3.33. The number of quaternary nitrogens is 1. The van der Waals surface area contributed by atoms with Crippen molar-refractivity contribution in [2.24, 2.45) is 5.41 Å². The molecule has 6 N–H and O–H groups in total. The van der Waals surface area contributed by atoms with E-state index in [0.29, 0.717) is 56.4 Å². The summed E-state index contributed by atoms with van der Waals surface area (Å²) >= 11 is 0. The lowest BCUT2D eigenvalue weighted by Crippen LogP contribution is -2.54. The van der Waals surface area contributed by atoms with Crippen LogP contribution in [0.5, 0.6) is 11.5 Å². The number of ketones is 1. The van der Waals surface area contributed by atoms with Crippen LogP contribution < -0.4 is 11.1 Å². The number of rotatable bonds is 10. The van der Waals surface area contributed by atoms with Crippen LogP contribution >= 0.6 is 0 Å². The van der Waals surface area contributed by atoms with E-state index in [1.54, 1.807) is 0 Å². The molecule has 0 aromatic heterocycles. The van der Waals surface area contributed by atoms with Crippen molar-refractivity contribution in [2.45, 2.75) is 77.1 Å². The number of hydrogen-bond donors (Lipinski definition) is 4. The van der Waals surface area contributed by atoms with E-state index in [0.717, 1.165) is 12.1 Å². The Labute approximate surface area is 222 Å². The Bertz CT molecular complexity index is 1170. The van der Waals surface area contributed by atoms with E-state index < -0.39 is 51.7 Å². The van der Waals surface area contributed by atoms with Gasteiger partial charge in [0.2, 0.25) is 11.3 Å². The minimum atomic E-state index is -5.92. The van der Waals surface area contributed by atoms with E-state index in [4.69, 9.17) is 0 Å². The fourth-order valence-electron chi connectivity index (χ4n) is 4.16. The zero-order valence-electron chi connectivity index (χ0n) is 21.9. The number of unbranched alkanes of at least 4 members (excludes halogenated alkanes) is 3. The van der Waals surface area contributed by atoms with E-state index in [2.05, 4.69) is 11.1 Å². The highest BCUT2D eigenvalue weighted by Gasteiger charge is 2.72. The Morgan fingerprint density at radius 3 is 1.72 bits per heavy atom. The monoisotopic (exact) mass is 563 g/mol. The van der Waals surface area contributed by atoms with Crippen LogP contribution in [0.25, 0.3) is 0 Å². The Morgan fingerprint density at radius 2 is 1.26 bits per heavy atom. The first-order valence-corrected chi connectivity index (χ1v) is 12.3. The molecule has 0 aliphatic carbocycles. The molecule has 0 heterocycles. The van der Waals surface area contributed by atoms with Gasteiger partial charge in [-0.05, 0) is 42.2 Å². The highest BCUT2D eigenvalue weighted by molar-refractivity contribution is 5.92. The molecule has 39 heavy (non-hydrogen) atoms. The molecule has 0 spiro atoms. The van der Waals surface area contributed by atoms with E-state index in [1.807, 2.05) is 20.8 Å². The maximum absolute atomic E-state index is 14.3. The van der Waals surface area contributed by atoms with E-state index in [-0.39, 0.29) is 23.6 Å². The van der Waals surface area contributed by atoms with Crippen LogP contribution in [0.15, 0.2) is 36.4 Å². The van der Waals surface area contributed by atoms with Crippen LogP contribution in [0, 0.1) is 5.41 Å². The first kappa shape index (κ1) is 31.9. The third kappa shape index (κ3) is 7.23. The van der Waals surface area contributed by atoms with Crippen molar-refractivity contribution in [3.05, 3.63) is 47.5 Å². The number of aromatic hydroxyl groups is 2. The fourth-order valence-corrected chi connectivity index (χ4v) is 4.16. The number of nitrogens with one attached hydrogen (secondary N) is 1. The summed E-state index contributed by atoms with van der Waals surface area (Å²) in [7, 11) is 0. The van der Waals surface area contributed by atoms with E-state index in [9.17, 15) is 46.1 Å². The summed E-state index contributed by atoms with van der Waals surface area (Å²) in [6.07, 6.45) is -8.98. The molecule has 0 saturated carbocycles. The molecule has 12 heteroatoms. The fraction of sp³-hybridized carbons (Fsp3) is 0.481. The zero-order chi connectivity index (χ0) is 29.8. The first-order valence-electron chi connectivity index (χ1n) is 12.3. The van der Waals surface area contributed by atoms with Crippen molar-refractivity contribution in [3.63, 3.8) is 0 Å². The summed E-state index contributed by atoms with van der Waals surface area (Å²) in [5.41, 5.74) is -4.85. The highest BCUT2D eigenvalue weighted by atomic mass is 19.4. The lowest BCUT2D eigenvalue weighted by atomic mass is 9.72. The van der Waals surface area contributed by atoms with Gasteiger partial charge < -0.3 is 21.3 Å². The van der Waals surface area contributed by atoms with Crippen LogP contribution in [0.2, 0.25) is 0 Å². The third-order valence-electron chi connectivity index (χ3n) is 6.47. The number of anilines is 1. The molecule has 0 saturated heterocycles. The van der Waals surface area contributed by atoms with E-state index in [1.165, 1.54) is 0 Å². The number of amides is 1. The Morgan fingerprint density at radius 1 is 0.769 bits per heavy atom. The van der Waals surface area contributed by atoms with Crippen molar-refractivity contribution in [1.29, 1.82) is 0 Å². The standard InChI is InChI=1S/C27H32F6N2O4/c1-24(2,3)22(38)8-6-4-5-7-9-23(39)35-19-13-11-17(15-21(19)37)25(26(28,29)30,27(31,32)33)16-10-12-18(34)20(36)14-16/h10-15,36-37H,4-9,34H2,1-3H3,(H,35,39)/p+1. The number of halogens is 6. The van der Waals surface area contributed by atoms with Crippen LogP contribution in [0.1, 0.15) is 70.4 Å². The molecule has 0 aliphatic heterocycles. The second kappa shape index (κ2) is 11.8. The maximum atomic E-state index is 14.3. The van der Waals surface area contributed by atoms with Gasteiger partial charge in [0.05, 0.1) is 5.69 Å². The maximum Gasteiger partial charge on any atom is 0.411 e. The number of carbonyl (C=O) groups excluding carboxylic acids is 2. The number of benzene rings is 2. The minimum Gasteiger partial charge on any atom is -0.506 e. The molecule has 2 aromatic rings. The molecule has 0 radical (unpaired) electrons. The number of carbonyl (C=O) groups is 2. The summed E-state index contributed by atoms with van der Waals surface area (Å²) in [6.45, 7) is 5.50. The van der Waals surface area contributed by atoms with Gasteiger partial charge in [-0.1, -0.05) is 45.7 Å². The zero-order valence-corrected chi connectivity index (χ0v) is 21.9. The van der Waals surface area contributed by atoms with Crippen LogP contribution in [0.4, 0.5) is 37.7 Å². The Hall–Kier alpha value is -3.28. The number of alkyl halides is 6. The summed E-state index contributed by atoms with van der Waals surface area (Å²) < 4.78 is 85.6. The third-order valence-corrected chi connectivity index (χ3v) is 6.47. The van der Waals surface area contributed by atoms with Gasteiger partial charge in [-0.3, -0.25) is 9.59 Å². The predicted octanol–water partition coefficient (Wildman–Crippen LogP) is 6.28. The highest BCUT2D eigenvalue weighted by Crippen LogP contribution is 2.57. The van der Waals surface area contributed by atoms with Gasteiger partial charge in [0, 0.05) is 24.3 Å². The normalized spacial score (nSPS) is 12.9. The van der Waals surface area contributed by atoms with Gasteiger partial charge in [-0.25, -0.2) is 0 Å². The van der Waals surface area contributed by atoms with Crippen LogP contribution in [-0.4, -0.2) is 34.3 Å². The molecule has 0 fully saturated rings. The minimum absolute atomic E-state index is 0.000126. The SMILES string of the molecule is CC(C)(C)C(=O)CCCCCCC(=O)Nc1ccc(C(c2ccc([NH3+])c(O)c2)(C(F)(F)F)C(F)(F)F)cc1O. The molecule has 0 bridgehead atoms. The number of Topliss-reactive ketones (excluding diaryl/α,β-unsaturated/α-hetero) is 1. The van der Waals surface area contributed by atoms with Crippen LogP contribution in [0.3, 0.4) is 0 Å². The summed E-state index contributed by atoms with van der Waals surface area (Å²) in [4.78, 5) is 24.2. The molecule has 216 valence electrons. The summed E-state index contributed by atoms with van der Waals surface area (Å²) in [5.74, 6) is -2.30. The van der Waals surface area contributed by atoms with Crippen molar-refractivity contribution in [3.8, 4) is 11.5 Å². The second-order valence-electron chi connectivity index (χ2n) is 10.5. The van der Waals surface area contributed by atoms with Crippen LogP contribution in [-0.2, 0) is 15.0 Å². The number of phenols is 2. The molecule has 2 aromatic carbocycles. The topological polar surface area (TPSA) is 114 Å². The number of phenolic OH excluding ortho intramolecular Hbond substituents is 2. The largest absolute Gasteiger partial charge is 0.506 e. The van der Waals surface area contributed by atoms with Crippen molar-refractivity contribution in [1.82, 2.24) is 0 Å². The molecular formula is C27H33F6N2O4+. The molecule has 0 aliphatic rings. The van der Waals surface area contributed by atoms with Gasteiger partial charge in [-0.2, -0.15) is 26.3 Å².